The number of aliphatic hydroxyl groups is 3. The van der Waals surface area contributed by atoms with Crippen LogP contribution in [-0.2, 0) is 10.8 Å². The minimum atomic E-state index is -1.92. The van der Waals surface area contributed by atoms with Crippen molar-refractivity contribution in [2.24, 2.45) is 0 Å². The zero-order valence-corrected chi connectivity index (χ0v) is 9.53. The quantitative estimate of drug-likeness (QED) is 0.411. The van der Waals surface area contributed by atoms with E-state index in [0.29, 0.717) is 0 Å². The normalized spacial score (nSPS) is 31.4. The van der Waals surface area contributed by atoms with Crippen LogP contribution in [0.4, 0.5) is 0 Å². The Morgan fingerprint density at radius 2 is 2.07 bits per heavy atom. The Hall–Kier alpha value is 0.0882. The Morgan fingerprint density at radius 1 is 1.43 bits per heavy atom. The molecule has 0 bridgehead atoms. The minimum absolute atomic E-state index is 0.371. The van der Waals surface area contributed by atoms with Gasteiger partial charge in [-0.2, -0.15) is 0 Å². The van der Waals surface area contributed by atoms with E-state index in [1.807, 2.05) is 0 Å². The van der Waals surface area contributed by atoms with E-state index >= 15 is 0 Å². The molecule has 1 saturated heterocycles. The van der Waals surface area contributed by atoms with E-state index in [1.54, 1.807) is 0 Å². The number of hydrogen-bond donors (Lipinski definition) is 4. The molecule has 4 N–H and O–H groups in total. The second-order valence-electron chi connectivity index (χ2n) is 2.74. The van der Waals surface area contributed by atoms with Crippen LogP contribution < -0.4 is 0 Å². The third-order valence-electron chi connectivity index (χ3n) is 1.80. The van der Waals surface area contributed by atoms with Gasteiger partial charge in [-0.05, 0) is 0 Å². The van der Waals surface area contributed by atoms with E-state index in [2.05, 4.69) is 0 Å². The SMILES string of the molecule is O=C(O)C(O)C(O)C1[O][Sb][O]C1CO. The van der Waals surface area contributed by atoms with Gasteiger partial charge in [0.1, 0.15) is 0 Å². The van der Waals surface area contributed by atoms with Crippen LogP contribution in [0.3, 0.4) is 0 Å². The number of rotatable bonds is 4. The predicted molar refractivity (Wildman–Crippen MR) is 42.2 cm³/mol. The van der Waals surface area contributed by atoms with Crippen LogP contribution in [0.15, 0.2) is 0 Å². The summed E-state index contributed by atoms with van der Waals surface area (Å²) in [5.74, 6) is -1.53. The van der Waals surface area contributed by atoms with Crippen molar-refractivity contribution in [2.75, 3.05) is 6.61 Å². The summed E-state index contributed by atoms with van der Waals surface area (Å²) in [6, 6.07) is 0. The fourth-order valence-electron chi connectivity index (χ4n) is 1.00. The van der Waals surface area contributed by atoms with E-state index in [4.69, 9.17) is 21.4 Å². The zero-order valence-electron chi connectivity index (χ0n) is 6.98. The molecular weight excluding hydrogens is 306 g/mol. The maximum atomic E-state index is 10.3. The summed E-state index contributed by atoms with van der Waals surface area (Å²) in [7, 11) is 0. The number of carboxylic acid groups (broad SMARTS) is 1. The number of aliphatic hydroxyl groups excluding tert-OH is 3. The molecule has 1 aliphatic heterocycles. The predicted octanol–water partition coefficient (Wildman–Crippen LogP) is -2.90. The van der Waals surface area contributed by atoms with Gasteiger partial charge in [-0.15, -0.1) is 0 Å². The molecule has 8 heteroatoms. The molecule has 0 saturated carbocycles. The number of carbonyl (C=O) groups is 1. The van der Waals surface area contributed by atoms with Crippen molar-refractivity contribution < 1.29 is 31.3 Å². The topological polar surface area (TPSA) is 116 Å². The summed E-state index contributed by atoms with van der Waals surface area (Å²) in [4.78, 5) is 10.3. The summed E-state index contributed by atoms with van der Waals surface area (Å²) >= 11 is -1.38. The maximum absolute atomic E-state index is 10.3. The first kappa shape index (κ1) is 12.2. The molecule has 81 valence electrons. The average molecular weight is 316 g/mol. The third-order valence-corrected chi connectivity index (χ3v) is 3.76. The van der Waals surface area contributed by atoms with Gasteiger partial charge in [0.2, 0.25) is 0 Å². The Balaban J connectivity index is 2.58. The Morgan fingerprint density at radius 3 is 2.57 bits per heavy atom. The molecule has 0 aromatic heterocycles. The van der Waals surface area contributed by atoms with Gasteiger partial charge in [-0.25, -0.2) is 0 Å². The number of carboxylic acids is 1. The van der Waals surface area contributed by atoms with Crippen LogP contribution in [0.25, 0.3) is 0 Å². The fraction of sp³-hybridized carbons (Fsp3) is 0.833. The molecule has 1 fully saturated rings. The molecule has 0 aromatic carbocycles. The van der Waals surface area contributed by atoms with Crippen molar-refractivity contribution in [2.45, 2.75) is 24.4 Å². The molecule has 1 radical (unpaired) electrons. The van der Waals surface area contributed by atoms with E-state index in [0.717, 1.165) is 0 Å². The summed E-state index contributed by atoms with van der Waals surface area (Å²) < 4.78 is 9.96. The molecule has 0 aromatic rings. The molecule has 7 nitrogen and oxygen atoms in total. The zero-order chi connectivity index (χ0) is 10.7. The molecule has 0 amide bonds. The molecule has 0 aliphatic carbocycles. The van der Waals surface area contributed by atoms with E-state index < -0.39 is 52.8 Å². The molecule has 1 heterocycles. The van der Waals surface area contributed by atoms with Gasteiger partial charge in [0.15, 0.2) is 0 Å². The van der Waals surface area contributed by atoms with Crippen LogP contribution in [0.5, 0.6) is 0 Å². The van der Waals surface area contributed by atoms with Crippen molar-refractivity contribution in [1.29, 1.82) is 0 Å². The molecule has 1 rings (SSSR count). The Bertz CT molecular complexity index is 210. The van der Waals surface area contributed by atoms with Crippen molar-refractivity contribution in [3.8, 4) is 0 Å². The Labute approximate surface area is 90.9 Å². The Kier molecular flexibility index (Phi) is 4.56. The summed E-state index contributed by atoms with van der Waals surface area (Å²) in [5.41, 5.74) is 0. The fourth-order valence-corrected chi connectivity index (χ4v) is 3.02. The summed E-state index contributed by atoms with van der Waals surface area (Å²) in [6.07, 6.45) is -5.20. The van der Waals surface area contributed by atoms with Gasteiger partial charge in [0, 0.05) is 0 Å². The average Bonchev–Trinajstić information content (AvgIpc) is 2.62. The molecule has 4 atom stereocenters. The third kappa shape index (κ3) is 2.56. The first-order valence-electron chi connectivity index (χ1n) is 3.79. The second-order valence-corrected chi connectivity index (χ2v) is 4.37. The van der Waals surface area contributed by atoms with Gasteiger partial charge in [0.25, 0.3) is 0 Å². The van der Waals surface area contributed by atoms with E-state index in [1.165, 1.54) is 0 Å². The molecule has 4 unspecified atom stereocenters. The van der Waals surface area contributed by atoms with Crippen LogP contribution in [0.2, 0.25) is 0 Å². The van der Waals surface area contributed by atoms with Gasteiger partial charge in [0.05, 0.1) is 0 Å². The number of aliphatic carboxylic acids is 1. The van der Waals surface area contributed by atoms with Gasteiger partial charge in [-0.1, -0.05) is 0 Å². The molecule has 14 heavy (non-hydrogen) atoms. The van der Waals surface area contributed by atoms with Crippen molar-refractivity contribution >= 4 is 28.4 Å². The van der Waals surface area contributed by atoms with Crippen LogP contribution >= 0.6 is 0 Å². The summed E-state index contributed by atoms with van der Waals surface area (Å²) in [5, 5.41) is 35.6. The van der Waals surface area contributed by atoms with Crippen LogP contribution in [-0.4, -0.2) is 79.9 Å². The monoisotopic (exact) mass is 315 g/mol. The first-order chi connectivity index (χ1) is 6.57. The van der Waals surface area contributed by atoms with Crippen LogP contribution in [0, 0.1) is 0 Å². The molecule has 0 spiro atoms. The van der Waals surface area contributed by atoms with E-state index in [-0.39, 0.29) is 6.61 Å². The first-order valence-corrected chi connectivity index (χ1v) is 5.88. The van der Waals surface area contributed by atoms with Crippen LogP contribution in [0.1, 0.15) is 0 Å². The van der Waals surface area contributed by atoms with Crippen molar-refractivity contribution in [3.63, 3.8) is 0 Å². The number of hydrogen-bond acceptors (Lipinski definition) is 6. The molecule has 1 aliphatic rings. The van der Waals surface area contributed by atoms with Crippen molar-refractivity contribution in [3.05, 3.63) is 0 Å². The summed E-state index contributed by atoms with van der Waals surface area (Å²) in [6.45, 7) is -0.371. The van der Waals surface area contributed by atoms with E-state index in [9.17, 15) is 9.90 Å². The standard InChI is InChI=1S/C6H10O7.Sb/c7-1-2(8)3(9)4(10)5(11)6(12)13;/h2-5,7,10-11H,1H2,(H,12,13);/q-2;+2. The molecular formula is C6H10O7Sb. The second kappa shape index (κ2) is 5.25. The van der Waals surface area contributed by atoms with Gasteiger partial charge >= 0.3 is 90.7 Å². The van der Waals surface area contributed by atoms with Crippen molar-refractivity contribution in [1.82, 2.24) is 0 Å². The van der Waals surface area contributed by atoms with Gasteiger partial charge in [-0.3, -0.25) is 0 Å². The van der Waals surface area contributed by atoms with Gasteiger partial charge < -0.3 is 0 Å².